The van der Waals surface area contributed by atoms with Crippen LogP contribution in [0.25, 0.3) is 5.82 Å². The minimum absolute atomic E-state index is 0.118. The van der Waals surface area contributed by atoms with Crippen LogP contribution in [0.3, 0.4) is 0 Å². The summed E-state index contributed by atoms with van der Waals surface area (Å²) >= 11 is 0. The first-order chi connectivity index (χ1) is 15.6. The monoisotopic (exact) mass is 460 g/mol. The Morgan fingerprint density at radius 1 is 0.970 bits per heavy atom. The molecule has 3 heterocycles. The van der Waals surface area contributed by atoms with E-state index in [1.54, 1.807) is 11.6 Å². The predicted octanol–water partition coefficient (Wildman–Crippen LogP) is 3.45. The van der Waals surface area contributed by atoms with E-state index in [9.17, 15) is 18.0 Å². The van der Waals surface area contributed by atoms with Crippen LogP contribution in [0.2, 0.25) is 0 Å². The molecule has 1 aromatic carbocycles. The summed E-state index contributed by atoms with van der Waals surface area (Å²) < 4.78 is 43.9. The predicted molar refractivity (Wildman–Crippen MR) is 115 cm³/mol. The van der Waals surface area contributed by atoms with Gasteiger partial charge in [0.2, 0.25) is 0 Å². The molecule has 0 unspecified atom stereocenters. The number of hydrogen-bond donors (Lipinski definition) is 0. The first kappa shape index (κ1) is 22.6. The SMILES string of the molecule is Cc1cc(C)n(-c2cc(N3CCN(C(=O)c4ccccc4OC(F)(F)F)CC3)nc(C)n2)n1. The van der Waals surface area contributed by atoms with E-state index in [1.807, 2.05) is 30.9 Å². The lowest BCUT2D eigenvalue weighted by Crippen LogP contribution is -2.49. The van der Waals surface area contributed by atoms with Gasteiger partial charge >= 0.3 is 6.36 Å². The molecule has 11 heteroatoms. The molecule has 1 fully saturated rings. The Hall–Kier alpha value is -3.63. The Labute approximate surface area is 188 Å². The topological polar surface area (TPSA) is 76.4 Å². The third kappa shape index (κ3) is 5.07. The van der Waals surface area contributed by atoms with E-state index in [0.717, 1.165) is 17.5 Å². The highest BCUT2D eigenvalue weighted by molar-refractivity contribution is 5.97. The third-order valence-electron chi connectivity index (χ3n) is 5.27. The molecular formula is C22H23F3N6O2. The summed E-state index contributed by atoms with van der Waals surface area (Å²) in [5, 5.41) is 4.47. The van der Waals surface area contributed by atoms with Gasteiger partial charge in [0, 0.05) is 37.9 Å². The zero-order chi connectivity index (χ0) is 23.8. The van der Waals surface area contributed by atoms with Crippen molar-refractivity contribution in [2.75, 3.05) is 31.1 Å². The summed E-state index contributed by atoms with van der Waals surface area (Å²) in [7, 11) is 0. The second-order valence-corrected chi connectivity index (χ2v) is 7.79. The average molecular weight is 460 g/mol. The van der Waals surface area contributed by atoms with Crippen LogP contribution in [-0.2, 0) is 0 Å². The molecule has 33 heavy (non-hydrogen) atoms. The number of amides is 1. The van der Waals surface area contributed by atoms with E-state index in [2.05, 4.69) is 19.8 Å². The molecule has 2 aromatic heterocycles. The second-order valence-electron chi connectivity index (χ2n) is 7.79. The highest BCUT2D eigenvalue weighted by atomic mass is 19.4. The number of carbonyl (C=O) groups excluding carboxylic acids is 1. The Balaban J connectivity index is 1.49. The summed E-state index contributed by atoms with van der Waals surface area (Å²) in [6, 6.07) is 9.19. The molecule has 0 saturated carbocycles. The standard InChI is InChI=1S/C22H23F3N6O2/c1-14-12-15(2)31(28-14)20-13-19(26-16(3)27-20)29-8-10-30(11-9-29)21(32)17-6-4-5-7-18(17)33-22(23,24)25/h4-7,12-13H,8-11H2,1-3H3. The van der Waals surface area contributed by atoms with Gasteiger partial charge in [-0.2, -0.15) is 5.10 Å². The molecule has 174 valence electrons. The molecule has 0 N–H and O–H groups in total. The summed E-state index contributed by atoms with van der Waals surface area (Å²) in [5.74, 6) is 0.944. The fraction of sp³-hybridized carbons (Fsp3) is 0.364. The van der Waals surface area contributed by atoms with Gasteiger partial charge in [-0.05, 0) is 39.0 Å². The van der Waals surface area contributed by atoms with Gasteiger partial charge in [-0.15, -0.1) is 13.2 Å². The van der Waals surface area contributed by atoms with Crippen LogP contribution in [-0.4, -0.2) is 63.1 Å². The fourth-order valence-electron chi connectivity index (χ4n) is 3.83. The number of para-hydroxylation sites is 1. The van der Waals surface area contributed by atoms with Crippen molar-refractivity contribution >= 4 is 11.7 Å². The van der Waals surface area contributed by atoms with Crippen LogP contribution >= 0.6 is 0 Å². The third-order valence-corrected chi connectivity index (χ3v) is 5.27. The lowest BCUT2D eigenvalue weighted by molar-refractivity contribution is -0.274. The zero-order valence-electron chi connectivity index (χ0n) is 18.4. The number of anilines is 1. The quantitative estimate of drug-likeness (QED) is 0.594. The van der Waals surface area contributed by atoms with Crippen molar-refractivity contribution in [1.29, 1.82) is 0 Å². The number of rotatable bonds is 4. The van der Waals surface area contributed by atoms with E-state index in [-0.39, 0.29) is 5.56 Å². The number of ether oxygens (including phenoxy) is 1. The van der Waals surface area contributed by atoms with E-state index < -0.39 is 18.0 Å². The smallest absolute Gasteiger partial charge is 0.405 e. The maximum Gasteiger partial charge on any atom is 0.573 e. The van der Waals surface area contributed by atoms with Crippen molar-refractivity contribution in [3.05, 3.63) is 59.2 Å². The summed E-state index contributed by atoms with van der Waals surface area (Å²) in [5.41, 5.74) is 1.71. The van der Waals surface area contributed by atoms with Crippen LogP contribution in [0, 0.1) is 20.8 Å². The minimum atomic E-state index is -4.87. The molecule has 0 bridgehead atoms. The number of hydrogen-bond acceptors (Lipinski definition) is 6. The zero-order valence-corrected chi connectivity index (χ0v) is 18.4. The van der Waals surface area contributed by atoms with Gasteiger partial charge in [0.1, 0.15) is 17.4 Å². The summed E-state index contributed by atoms with van der Waals surface area (Å²) in [6.45, 7) is 7.27. The normalized spacial score (nSPS) is 14.5. The molecule has 0 aliphatic carbocycles. The Morgan fingerprint density at radius 3 is 2.27 bits per heavy atom. The lowest BCUT2D eigenvalue weighted by Gasteiger charge is -2.35. The number of benzene rings is 1. The van der Waals surface area contributed by atoms with Crippen molar-refractivity contribution in [2.45, 2.75) is 27.1 Å². The van der Waals surface area contributed by atoms with Crippen molar-refractivity contribution in [1.82, 2.24) is 24.6 Å². The molecule has 0 atom stereocenters. The number of aromatic nitrogens is 4. The summed E-state index contributed by atoms with van der Waals surface area (Å²) in [4.78, 5) is 25.5. The van der Waals surface area contributed by atoms with E-state index in [4.69, 9.17) is 0 Å². The highest BCUT2D eigenvalue weighted by Crippen LogP contribution is 2.28. The van der Waals surface area contributed by atoms with Gasteiger partial charge in [0.15, 0.2) is 5.82 Å². The van der Waals surface area contributed by atoms with Crippen molar-refractivity contribution in [3.63, 3.8) is 0 Å². The van der Waals surface area contributed by atoms with Crippen LogP contribution in [0.4, 0.5) is 19.0 Å². The Kier molecular flexibility index (Phi) is 5.96. The van der Waals surface area contributed by atoms with Crippen LogP contribution in [0.1, 0.15) is 27.6 Å². The van der Waals surface area contributed by atoms with Gasteiger partial charge < -0.3 is 14.5 Å². The van der Waals surface area contributed by atoms with Crippen LogP contribution in [0.5, 0.6) is 5.75 Å². The number of aryl methyl sites for hydroxylation is 3. The molecule has 0 radical (unpaired) electrons. The molecular weight excluding hydrogens is 437 g/mol. The van der Waals surface area contributed by atoms with Crippen molar-refractivity contribution < 1.29 is 22.7 Å². The molecule has 1 amide bonds. The number of piperazine rings is 1. The Bertz CT molecular complexity index is 1170. The lowest BCUT2D eigenvalue weighted by atomic mass is 10.1. The molecule has 1 saturated heterocycles. The first-order valence-corrected chi connectivity index (χ1v) is 10.4. The van der Waals surface area contributed by atoms with Crippen LogP contribution < -0.4 is 9.64 Å². The molecule has 1 aliphatic heterocycles. The maximum atomic E-state index is 12.9. The second kappa shape index (κ2) is 8.72. The number of halogens is 3. The molecule has 3 aromatic rings. The Morgan fingerprint density at radius 2 is 1.64 bits per heavy atom. The van der Waals surface area contributed by atoms with E-state index in [1.165, 1.54) is 23.1 Å². The number of nitrogens with zero attached hydrogens (tertiary/aromatic N) is 6. The summed E-state index contributed by atoms with van der Waals surface area (Å²) in [6.07, 6.45) is -4.87. The first-order valence-electron chi connectivity index (χ1n) is 10.4. The average Bonchev–Trinajstić information content (AvgIpc) is 3.10. The largest absolute Gasteiger partial charge is 0.573 e. The molecule has 4 rings (SSSR count). The highest BCUT2D eigenvalue weighted by Gasteiger charge is 2.34. The van der Waals surface area contributed by atoms with Gasteiger partial charge in [-0.25, -0.2) is 14.6 Å². The van der Waals surface area contributed by atoms with Crippen LogP contribution in [0.15, 0.2) is 36.4 Å². The number of carbonyl (C=O) groups is 1. The van der Waals surface area contributed by atoms with Crippen molar-refractivity contribution in [2.24, 2.45) is 0 Å². The van der Waals surface area contributed by atoms with Gasteiger partial charge in [-0.3, -0.25) is 4.79 Å². The van der Waals surface area contributed by atoms with Gasteiger partial charge in [0.25, 0.3) is 5.91 Å². The molecule has 0 spiro atoms. The van der Waals surface area contributed by atoms with E-state index in [0.29, 0.717) is 43.6 Å². The van der Waals surface area contributed by atoms with Gasteiger partial charge in [-0.1, -0.05) is 12.1 Å². The molecule has 1 aliphatic rings. The number of alkyl halides is 3. The van der Waals surface area contributed by atoms with Crippen molar-refractivity contribution in [3.8, 4) is 11.6 Å². The van der Waals surface area contributed by atoms with Gasteiger partial charge in [0.05, 0.1) is 11.3 Å². The minimum Gasteiger partial charge on any atom is -0.405 e. The fourth-order valence-corrected chi connectivity index (χ4v) is 3.83. The maximum absolute atomic E-state index is 12.9. The van der Waals surface area contributed by atoms with E-state index >= 15 is 0 Å². The molecule has 8 nitrogen and oxygen atoms in total.